The zero-order valence-electron chi connectivity index (χ0n) is 6.06. The average molecular weight is 166 g/mol. The van der Waals surface area contributed by atoms with Crippen LogP contribution in [-0.2, 0) is 4.79 Å². The number of carbonyl (C=O) groups is 2. The SMILES string of the molecule is O=C(O)C=CC(=O)c1ccoc1. The number of allylic oxidation sites excluding steroid dienone is 1. The summed E-state index contributed by atoms with van der Waals surface area (Å²) in [6.07, 6.45) is 4.37. The highest BCUT2D eigenvalue weighted by molar-refractivity contribution is 6.06. The van der Waals surface area contributed by atoms with Crippen LogP contribution in [0.1, 0.15) is 10.4 Å². The number of rotatable bonds is 3. The van der Waals surface area contributed by atoms with Crippen molar-refractivity contribution in [2.75, 3.05) is 0 Å². The van der Waals surface area contributed by atoms with Crippen molar-refractivity contribution < 1.29 is 19.1 Å². The third-order valence-corrected chi connectivity index (χ3v) is 1.18. The number of hydrogen-bond acceptors (Lipinski definition) is 3. The van der Waals surface area contributed by atoms with Crippen molar-refractivity contribution in [1.82, 2.24) is 0 Å². The molecule has 0 aliphatic rings. The van der Waals surface area contributed by atoms with E-state index >= 15 is 0 Å². The van der Waals surface area contributed by atoms with Gasteiger partial charge in [0.15, 0.2) is 5.78 Å². The lowest BCUT2D eigenvalue weighted by Crippen LogP contribution is -1.94. The second-order valence-corrected chi connectivity index (χ2v) is 2.05. The summed E-state index contributed by atoms with van der Waals surface area (Å²) in [5, 5.41) is 8.20. The molecule has 1 aromatic rings. The summed E-state index contributed by atoms with van der Waals surface area (Å²) in [5.74, 6) is -1.53. The van der Waals surface area contributed by atoms with E-state index in [4.69, 9.17) is 5.11 Å². The van der Waals surface area contributed by atoms with Crippen LogP contribution in [0.2, 0.25) is 0 Å². The van der Waals surface area contributed by atoms with E-state index in [1.165, 1.54) is 18.6 Å². The standard InChI is InChI=1S/C8H6O4/c9-7(1-2-8(10)11)6-3-4-12-5-6/h1-5H,(H,10,11). The molecule has 0 radical (unpaired) electrons. The number of furan rings is 1. The summed E-state index contributed by atoms with van der Waals surface area (Å²) >= 11 is 0. The normalized spacial score (nSPS) is 10.3. The predicted molar refractivity (Wildman–Crippen MR) is 39.8 cm³/mol. The van der Waals surface area contributed by atoms with Gasteiger partial charge in [0, 0.05) is 6.08 Å². The minimum atomic E-state index is -1.15. The zero-order valence-corrected chi connectivity index (χ0v) is 6.06. The molecule has 0 aliphatic carbocycles. The van der Waals surface area contributed by atoms with E-state index < -0.39 is 5.97 Å². The number of ketones is 1. The van der Waals surface area contributed by atoms with Crippen LogP contribution in [0.4, 0.5) is 0 Å². The third-order valence-electron chi connectivity index (χ3n) is 1.18. The Balaban J connectivity index is 2.68. The first kappa shape index (κ1) is 8.26. The van der Waals surface area contributed by atoms with E-state index in [1.807, 2.05) is 0 Å². The molecule has 1 N–H and O–H groups in total. The maximum Gasteiger partial charge on any atom is 0.328 e. The van der Waals surface area contributed by atoms with Gasteiger partial charge in [0.1, 0.15) is 6.26 Å². The number of hydrogen-bond donors (Lipinski definition) is 1. The predicted octanol–water partition coefficient (Wildman–Crippen LogP) is 1.10. The van der Waals surface area contributed by atoms with Crippen molar-refractivity contribution in [1.29, 1.82) is 0 Å². The molecular weight excluding hydrogens is 160 g/mol. The van der Waals surface area contributed by atoms with Crippen molar-refractivity contribution in [3.8, 4) is 0 Å². The monoisotopic (exact) mass is 166 g/mol. The Labute approximate surface area is 68.1 Å². The summed E-state index contributed by atoms with van der Waals surface area (Å²) in [6, 6.07) is 1.47. The molecule has 0 spiro atoms. The van der Waals surface area contributed by atoms with Gasteiger partial charge >= 0.3 is 5.97 Å². The maximum atomic E-state index is 11.0. The minimum absolute atomic E-state index is 0.340. The lowest BCUT2D eigenvalue weighted by molar-refractivity contribution is -0.131. The van der Waals surface area contributed by atoms with Gasteiger partial charge in [-0.25, -0.2) is 4.79 Å². The molecule has 12 heavy (non-hydrogen) atoms. The minimum Gasteiger partial charge on any atom is -0.478 e. The molecule has 1 rings (SSSR count). The van der Waals surface area contributed by atoms with Crippen LogP contribution in [0.25, 0.3) is 0 Å². The van der Waals surface area contributed by atoms with Crippen molar-refractivity contribution in [2.45, 2.75) is 0 Å². The van der Waals surface area contributed by atoms with Gasteiger partial charge in [-0.2, -0.15) is 0 Å². The molecule has 62 valence electrons. The van der Waals surface area contributed by atoms with Crippen LogP contribution < -0.4 is 0 Å². The largest absolute Gasteiger partial charge is 0.478 e. The Bertz CT molecular complexity index is 308. The highest BCUT2D eigenvalue weighted by atomic mass is 16.4. The van der Waals surface area contributed by atoms with E-state index in [-0.39, 0.29) is 5.78 Å². The van der Waals surface area contributed by atoms with Crippen molar-refractivity contribution in [2.24, 2.45) is 0 Å². The lowest BCUT2D eigenvalue weighted by atomic mass is 10.2. The van der Waals surface area contributed by atoms with Gasteiger partial charge < -0.3 is 9.52 Å². The fourth-order valence-corrected chi connectivity index (χ4v) is 0.648. The van der Waals surface area contributed by atoms with E-state index in [2.05, 4.69) is 4.42 Å². The van der Waals surface area contributed by atoms with Crippen molar-refractivity contribution >= 4 is 11.8 Å². The Hall–Kier alpha value is -1.84. The Kier molecular flexibility index (Phi) is 2.42. The summed E-state index contributed by atoms with van der Waals surface area (Å²) in [4.78, 5) is 21.0. The average Bonchev–Trinajstić information content (AvgIpc) is 2.51. The molecule has 1 heterocycles. The molecule has 0 saturated carbocycles. The molecule has 0 atom stereocenters. The van der Waals surface area contributed by atoms with Gasteiger partial charge in [0.2, 0.25) is 0 Å². The fourth-order valence-electron chi connectivity index (χ4n) is 0.648. The van der Waals surface area contributed by atoms with E-state index in [9.17, 15) is 9.59 Å². The van der Waals surface area contributed by atoms with Gasteiger partial charge in [0.25, 0.3) is 0 Å². The number of carbonyl (C=O) groups excluding carboxylic acids is 1. The number of carboxylic acid groups (broad SMARTS) is 1. The Morgan fingerprint density at radius 1 is 1.42 bits per heavy atom. The summed E-state index contributed by atoms with van der Waals surface area (Å²) in [5.41, 5.74) is 0.340. The Morgan fingerprint density at radius 3 is 2.67 bits per heavy atom. The first-order valence-electron chi connectivity index (χ1n) is 3.17. The Morgan fingerprint density at radius 2 is 2.17 bits per heavy atom. The topological polar surface area (TPSA) is 67.5 Å². The molecule has 0 fully saturated rings. The quantitative estimate of drug-likeness (QED) is 0.539. The summed E-state index contributed by atoms with van der Waals surface area (Å²) < 4.78 is 4.64. The van der Waals surface area contributed by atoms with Crippen LogP contribution in [0.15, 0.2) is 35.2 Å². The molecule has 0 aromatic carbocycles. The van der Waals surface area contributed by atoms with Crippen LogP contribution >= 0.6 is 0 Å². The van der Waals surface area contributed by atoms with Crippen LogP contribution in [0, 0.1) is 0 Å². The van der Waals surface area contributed by atoms with Gasteiger partial charge in [-0.15, -0.1) is 0 Å². The maximum absolute atomic E-state index is 11.0. The molecular formula is C8H6O4. The van der Waals surface area contributed by atoms with E-state index in [0.29, 0.717) is 5.56 Å². The van der Waals surface area contributed by atoms with Crippen LogP contribution in [-0.4, -0.2) is 16.9 Å². The second-order valence-electron chi connectivity index (χ2n) is 2.05. The fraction of sp³-hybridized carbons (Fsp3) is 0. The number of aliphatic carboxylic acids is 1. The first-order valence-corrected chi connectivity index (χ1v) is 3.17. The van der Waals surface area contributed by atoms with E-state index in [1.54, 1.807) is 0 Å². The van der Waals surface area contributed by atoms with E-state index in [0.717, 1.165) is 12.2 Å². The van der Waals surface area contributed by atoms with Crippen LogP contribution in [0.5, 0.6) is 0 Å². The van der Waals surface area contributed by atoms with Gasteiger partial charge in [-0.1, -0.05) is 0 Å². The molecule has 0 amide bonds. The highest BCUT2D eigenvalue weighted by Crippen LogP contribution is 2.01. The molecule has 4 heteroatoms. The lowest BCUT2D eigenvalue weighted by Gasteiger charge is -1.84. The molecule has 4 nitrogen and oxygen atoms in total. The molecule has 0 unspecified atom stereocenters. The molecule has 0 saturated heterocycles. The first-order chi connectivity index (χ1) is 5.70. The third kappa shape index (κ3) is 2.09. The summed E-state index contributed by atoms with van der Waals surface area (Å²) in [6.45, 7) is 0. The number of carboxylic acids is 1. The van der Waals surface area contributed by atoms with Gasteiger partial charge in [-0.3, -0.25) is 4.79 Å². The zero-order chi connectivity index (χ0) is 8.97. The highest BCUT2D eigenvalue weighted by Gasteiger charge is 2.02. The van der Waals surface area contributed by atoms with Crippen LogP contribution in [0.3, 0.4) is 0 Å². The second kappa shape index (κ2) is 3.52. The molecule has 0 aliphatic heterocycles. The molecule has 1 aromatic heterocycles. The van der Waals surface area contributed by atoms with Gasteiger partial charge in [0.05, 0.1) is 11.8 Å². The van der Waals surface area contributed by atoms with Crippen molar-refractivity contribution in [3.05, 3.63) is 36.3 Å². The smallest absolute Gasteiger partial charge is 0.328 e. The summed E-state index contributed by atoms with van der Waals surface area (Å²) in [7, 11) is 0. The van der Waals surface area contributed by atoms with Gasteiger partial charge in [-0.05, 0) is 12.1 Å². The van der Waals surface area contributed by atoms with Crippen molar-refractivity contribution in [3.63, 3.8) is 0 Å². The molecule has 0 bridgehead atoms.